The van der Waals surface area contributed by atoms with Crippen LogP contribution in [0.4, 0.5) is 10.1 Å². The number of carbonyl (C=O) groups is 1. The van der Waals surface area contributed by atoms with Gasteiger partial charge in [-0.3, -0.25) is 9.69 Å². The number of methoxy groups -OCH3 is 1. The van der Waals surface area contributed by atoms with E-state index in [0.717, 1.165) is 27.7 Å². The molecule has 0 bridgehead atoms. The molecule has 2 aromatic carbocycles. The Labute approximate surface area is 179 Å². The number of benzene rings is 2. The number of nitrogens with zero attached hydrogens (tertiary/aromatic N) is 2. The van der Waals surface area contributed by atoms with E-state index in [4.69, 9.17) is 4.74 Å². The summed E-state index contributed by atoms with van der Waals surface area (Å²) in [6.45, 7) is 3.28. The standard InChI is InChI=1S/C23H24FN3O2S/c1-15-25-20(14-30-15)13-27-12-17(11-22(27)16-3-5-18(24)6-4-16)23(28)26-19-7-9-21(29-2)10-8-19/h3-10,14,17,22H,11-13H2,1-2H3,(H,26,28)/t17-,22-/m1/s1. The van der Waals surface area contributed by atoms with E-state index < -0.39 is 0 Å². The Kier molecular flexibility index (Phi) is 6.11. The van der Waals surface area contributed by atoms with Gasteiger partial charge < -0.3 is 10.1 Å². The number of aryl methyl sites for hydroxylation is 1. The third kappa shape index (κ3) is 4.68. The van der Waals surface area contributed by atoms with Crippen LogP contribution in [0.25, 0.3) is 0 Å². The summed E-state index contributed by atoms with van der Waals surface area (Å²) in [6, 6.07) is 13.9. The lowest BCUT2D eigenvalue weighted by atomic mass is 9.99. The minimum atomic E-state index is -0.257. The van der Waals surface area contributed by atoms with Gasteiger partial charge in [-0.05, 0) is 55.3 Å². The number of nitrogens with one attached hydrogen (secondary N) is 1. The van der Waals surface area contributed by atoms with Crippen LogP contribution in [0.5, 0.6) is 5.75 Å². The molecule has 1 aliphatic heterocycles. The maximum Gasteiger partial charge on any atom is 0.228 e. The van der Waals surface area contributed by atoms with Crippen molar-refractivity contribution in [3.05, 3.63) is 76.0 Å². The Bertz CT molecular complexity index is 1000. The normalized spacial score (nSPS) is 19.0. The molecule has 1 aromatic heterocycles. The number of rotatable bonds is 6. The van der Waals surface area contributed by atoms with Crippen molar-refractivity contribution in [1.82, 2.24) is 9.88 Å². The van der Waals surface area contributed by atoms with Crippen LogP contribution in [0.15, 0.2) is 53.9 Å². The van der Waals surface area contributed by atoms with Gasteiger partial charge in [0.15, 0.2) is 0 Å². The van der Waals surface area contributed by atoms with Crippen LogP contribution in [-0.2, 0) is 11.3 Å². The van der Waals surface area contributed by atoms with Gasteiger partial charge in [0.1, 0.15) is 11.6 Å². The summed E-state index contributed by atoms with van der Waals surface area (Å²) < 4.78 is 18.6. The quantitative estimate of drug-likeness (QED) is 0.616. The first-order chi connectivity index (χ1) is 14.5. The van der Waals surface area contributed by atoms with E-state index in [1.54, 1.807) is 18.4 Å². The number of hydrogen-bond donors (Lipinski definition) is 1. The Morgan fingerprint density at radius 2 is 1.97 bits per heavy atom. The molecule has 3 aromatic rings. The van der Waals surface area contributed by atoms with E-state index in [9.17, 15) is 9.18 Å². The number of ether oxygens (including phenoxy) is 1. The van der Waals surface area contributed by atoms with Crippen LogP contribution in [-0.4, -0.2) is 29.4 Å². The number of hydrogen-bond acceptors (Lipinski definition) is 5. The van der Waals surface area contributed by atoms with Gasteiger partial charge in [-0.1, -0.05) is 12.1 Å². The van der Waals surface area contributed by atoms with E-state index >= 15 is 0 Å². The fourth-order valence-corrected chi connectivity index (χ4v) is 4.51. The van der Waals surface area contributed by atoms with Crippen LogP contribution in [0, 0.1) is 18.7 Å². The van der Waals surface area contributed by atoms with Gasteiger partial charge in [-0.25, -0.2) is 9.37 Å². The molecule has 1 fully saturated rings. The smallest absolute Gasteiger partial charge is 0.228 e. The first kappa shape index (κ1) is 20.5. The monoisotopic (exact) mass is 425 g/mol. The highest BCUT2D eigenvalue weighted by atomic mass is 32.1. The van der Waals surface area contributed by atoms with E-state index in [1.165, 1.54) is 12.1 Å². The summed E-state index contributed by atoms with van der Waals surface area (Å²) in [5.41, 5.74) is 2.76. The fourth-order valence-electron chi connectivity index (χ4n) is 3.91. The zero-order chi connectivity index (χ0) is 21.1. The first-order valence-corrected chi connectivity index (χ1v) is 10.7. The number of carbonyl (C=O) groups excluding carboxylic acids is 1. The Morgan fingerprint density at radius 1 is 1.23 bits per heavy atom. The topological polar surface area (TPSA) is 54.5 Å². The van der Waals surface area contributed by atoms with Crippen molar-refractivity contribution >= 4 is 22.9 Å². The molecular formula is C23H24FN3O2S. The second-order valence-corrected chi connectivity index (χ2v) is 8.57. The largest absolute Gasteiger partial charge is 0.497 e. The van der Waals surface area contributed by atoms with Crippen LogP contribution < -0.4 is 10.1 Å². The molecule has 2 atom stereocenters. The van der Waals surface area contributed by atoms with Crippen molar-refractivity contribution in [2.75, 3.05) is 19.0 Å². The fraction of sp³-hybridized carbons (Fsp3) is 0.304. The van der Waals surface area contributed by atoms with Gasteiger partial charge in [-0.15, -0.1) is 11.3 Å². The van der Waals surface area contributed by atoms with Crippen LogP contribution >= 0.6 is 11.3 Å². The van der Waals surface area contributed by atoms with Crippen molar-refractivity contribution in [2.45, 2.75) is 25.9 Å². The Morgan fingerprint density at radius 3 is 2.60 bits per heavy atom. The molecule has 30 heavy (non-hydrogen) atoms. The highest BCUT2D eigenvalue weighted by Gasteiger charge is 2.37. The van der Waals surface area contributed by atoms with Crippen LogP contribution in [0.1, 0.15) is 28.7 Å². The molecule has 0 saturated carbocycles. The molecule has 2 heterocycles. The summed E-state index contributed by atoms with van der Waals surface area (Å²) in [6.07, 6.45) is 0.677. The van der Waals surface area contributed by atoms with E-state index in [1.807, 2.05) is 43.3 Å². The molecule has 4 rings (SSSR count). The van der Waals surface area contributed by atoms with E-state index in [2.05, 4.69) is 20.6 Å². The lowest BCUT2D eigenvalue weighted by Crippen LogP contribution is -2.27. The molecule has 0 radical (unpaired) electrons. The summed E-state index contributed by atoms with van der Waals surface area (Å²) in [5.74, 6) is 0.313. The molecule has 1 N–H and O–H groups in total. The highest BCUT2D eigenvalue weighted by Crippen LogP contribution is 2.37. The molecule has 5 nitrogen and oxygen atoms in total. The van der Waals surface area contributed by atoms with Gasteiger partial charge in [0.25, 0.3) is 0 Å². The van der Waals surface area contributed by atoms with E-state index in [0.29, 0.717) is 19.5 Å². The molecule has 0 aliphatic carbocycles. The lowest BCUT2D eigenvalue weighted by molar-refractivity contribution is -0.119. The summed E-state index contributed by atoms with van der Waals surface area (Å²) in [7, 11) is 1.61. The van der Waals surface area contributed by atoms with E-state index in [-0.39, 0.29) is 23.7 Å². The Balaban J connectivity index is 1.50. The van der Waals surface area contributed by atoms with Crippen LogP contribution in [0.3, 0.4) is 0 Å². The number of anilines is 1. The summed E-state index contributed by atoms with van der Waals surface area (Å²) >= 11 is 1.62. The summed E-state index contributed by atoms with van der Waals surface area (Å²) in [4.78, 5) is 19.8. The zero-order valence-electron chi connectivity index (χ0n) is 17.0. The molecular weight excluding hydrogens is 401 g/mol. The molecule has 156 valence electrons. The van der Waals surface area contributed by atoms with Crippen LogP contribution in [0.2, 0.25) is 0 Å². The third-order valence-corrected chi connectivity index (χ3v) is 6.24. The average molecular weight is 426 g/mol. The van der Waals surface area contributed by atoms with Gasteiger partial charge >= 0.3 is 0 Å². The number of halogens is 1. The molecule has 1 amide bonds. The second kappa shape index (κ2) is 8.93. The predicted molar refractivity (Wildman–Crippen MR) is 116 cm³/mol. The van der Waals surface area contributed by atoms with Gasteiger partial charge in [0, 0.05) is 30.2 Å². The first-order valence-electron chi connectivity index (χ1n) is 9.87. The molecule has 0 unspecified atom stereocenters. The van der Waals surface area contributed by atoms with Crippen molar-refractivity contribution in [3.63, 3.8) is 0 Å². The summed E-state index contributed by atoms with van der Waals surface area (Å²) in [5, 5.41) is 6.09. The van der Waals surface area contributed by atoms with Crippen molar-refractivity contribution in [1.29, 1.82) is 0 Å². The van der Waals surface area contributed by atoms with Crippen molar-refractivity contribution < 1.29 is 13.9 Å². The zero-order valence-corrected chi connectivity index (χ0v) is 17.8. The molecule has 1 aliphatic rings. The number of thiazole rings is 1. The third-order valence-electron chi connectivity index (χ3n) is 5.42. The van der Waals surface area contributed by atoms with Crippen molar-refractivity contribution in [2.24, 2.45) is 5.92 Å². The number of aromatic nitrogens is 1. The minimum Gasteiger partial charge on any atom is -0.497 e. The van der Waals surface area contributed by atoms with Crippen molar-refractivity contribution in [3.8, 4) is 5.75 Å². The minimum absolute atomic E-state index is 0.00997. The Hall–Kier alpha value is -2.77. The maximum absolute atomic E-state index is 13.4. The molecule has 0 spiro atoms. The average Bonchev–Trinajstić information content (AvgIpc) is 3.36. The maximum atomic E-state index is 13.4. The molecule has 7 heteroatoms. The SMILES string of the molecule is COc1ccc(NC(=O)[C@@H]2C[C@H](c3ccc(F)cc3)N(Cc3csc(C)n3)C2)cc1. The molecule has 1 saturated heterocycles. The number of amides is 1. The van der Waals surface area contributed by atoms with Gasteiger partial charge in [0.2, 0.25) is 5.91 Å². The predicted octanol–water partition coefficient (Wildman–Crippen LogP) is 4.80. The lowest BCUT2D eigenvalue weighted by Gasteiger charge is -2.23. The highest BCUT2D eigenvalue weighted by molar-refractivity contribution is 7.09. The second-order valence-electron chi connectivity index (χ2n) is 7.51. The number of likely N-dealkylation sites (tertiary alicyclic amines) is 1. The van der Waals surface area contributed by atoms with Gasteiger partial charge in [0.05, 0.1) is 23.7 Å². The van der Waals surface area contributed by atoms with Gasteiger partial charge in [-0.2, -0.15) is 0 Å².